The van der Waals surface area contributed by atoms with E-state index in [1.54, 1.807) is 11.8 Å². The highest BCUT2D eigenvalue weighted by molar-refractivity contribution is 7.98. The van der Waals surface area contributed by atoms with Gasteiger partial charge in [0, 0.05) is 25.9 Å². The summed E-state index contributed by atoms with van der Waals surface area (Å²) in [7, 11) is 0. The van der Waals surface area contributed by atoms with Gasteiger partial charge in [-0.2, -0.15) is 0 Å². The Morgan fingerprint density at radius 2 is 2.00 bits per heavy atom. The predicted molar refractivity (Wildman–Crippen MR) is 112 cm³/mol. The van der Waals surface area contributed by atoms with E-state index < -0.39 is 0 Å². The van der Waals surface area contributed by atoms with Crippen LogP contribution in [0.2, 0.25) is 0 Å². The molecule has 0 radical (unpaired) electrons. The predicted octanol–water partition coefficient (Wildman–Crippen LogP) is 3.95. The van der Waals surface area contributed by atoms with E-state index in [1.165, 1.54) is 16.7 Å². The number of carbonyl (C=O) groups is 1. The first kappa shape index (κ1) is 21.5. The van der Waals surface area contributed by atoms with Crippen molar-refractivity contribution in [3.05, 3.63) is 40.7 Å². The van der Waals surface area contributed by atoms with E-state index in [4.69, 9.17) is 0 Å². The highest BCUT2D eigenvalue weighted by Crippen LogP contribution is 2.17. The van der Waals surface area contributed by atoms with Crippen molar-refractivity contribution in [3.8, 4) is 0 Å². The zero-order chi connectivity index (χ0) is 19.8. The van der Waals surface area contributed by atoms with Gasteiger partial charge in [0.2, 0.25) is 5.91 Å². The van der Waals surface area contributed by atoms with Gasteiger partial charge in [-0.15, -0.1) is 10.2 Å². The fraction of sp³-hybridized carbons (Fsp3) is 0.571. The molecule has 1 N–H and O–H groups in total. The zero-order valence-corrected chi connectivity index (χ0v) is 18.0. The van der Waals surface area contributed by atoms with Crippen LogP contribution < -0.4 is 5.32 Å². The maximum Gasteiger partial charge on any atom is 0.220 e. The third-order valence-electron chi connectivity index (χ3n) is 4.54. The van der Waals surface area contributed by atoms with Crippen molar-refractivity contribution in [2.24, 2.45) is 5.92 Å². The lowest BCUT2D eigenvalue weighted by Crippen LogP contribution is -2.25. The van der Waals surface area contributed by atoms with E-state index in [0.717, 1.165) is 36.8 Å². The first-order valence-electron chi connectivity index (χ1n) is 9.69. The molecule has 0 fully saturated rings. The molecule has 1 aromatic carbocycles. The number of amides is 1. The second-order valence-corrected chi connectivity index (χ2v) is 8.26. The van der Waals surface area contributed by atoms with Crippen molar-refractivity contribution in [1.82, 2.24) is 20.1 Å². The summed E-state index contributed by atoms with van der Waals surface area (Å²) in [5, 5.41) is 12.6. The Labute approximate surface area is 167 Å². The number of aryl methyl sites for hydroxylation is 4. The average Bonchev–Trinajstić information content (AvgIpc) is 2.99. The number of nitrogens with one attached hydrogen (secondary N) is 1. The van der Waals surface area contributed by atoms with Crippen molar-refractivity contribution >= 4 is 17.7 Å². The lowest BCUT2D eigenvalue weighted by molar-refractivity contribution is -0.121. The van der Waals surface area contributed by atoms with Crippen LogP contribution in [0.5, 0.6) is 0 Å². The summed E-state index contributed by atoms with van der Waals surface area (Å²) in [5.41, 5.74) is 3.77. The fourth-order valence-corrected chi connectivity index (χ4v) is 3.66. The minimum Gasteiger partial charge on any atom is -0.356 e. The molecule has 0 saturated carbocycles. The number of rotatable bonds is 10. The maximum absolute atomic E-state index is 12.1. The summed E-state index contributed by atoms with van der Waals surface area (Å²) in [6.45, 7) is 10.2. The summed E-state index contributed by atoms with van der Waals surface area (Å²) >= 11 is 1.63. The maximum atomic E-state index is 12.1. The van der Waals surface area contributed by atoms with Crippen LogP contribution in [0.1, 0.15) is 49.2 Å². The number of benzene rings is 1. The molecule has 0 spiro atoms. The summed E-state index contributed by atoms with van der Waals surface area (Å²) in [6, 6.07) is 6.41. The average molecular weight is 389 g/mol. The molecule has 2 aromatic rings. The second kappa shape index (κ2) is 10.5. The SMILES string of the molecule is CSc1nnc(CCCNC(=O)CCc2ccc(C)cc2C)n1CC(C)C. The number of carbonyl (C=O) groups excluding carboxylic acids is 1. The van der Waals surface area contributed by atoms with Crippen molar-refractivity contribution in [2.75, 3.05) is 12.8 Å². The molecule has 0 bridgehead atoms. The van der Waals surface area contributed by atoms with Crippen LogP contribution in [0.3, 0.4) is 0 Å². The molecular weight excluding hydrogens is 356 g/mol. The quantitative estimate of drug-likeness (QED) is 0.494. The third kappa shape index (κ3) is 6.69. The Morgan fingerprint density at radius 3 is 2.67 bits per heavy atom. The molecule has 5 nitrogen and oxygen atoms in total. The van der Waals surface area contributed by atoms with Gasteiger partial charge in [0.15, 0.2) is 5.16 Å². The highest BCUT2D eigenvalue weighted by atomic mass is 32.2. The number of aromatic nitrogens is 3. The first-order chi connectivity index (χ1) is 12.9. The van der Waals surface area contributed by atoms with Gasteiger partial charge < -0.3 is 9.88 Å². The van der Waals surface area contributed by atoms with Crippen LogP contribution in [-0.4, -0.2) is 33.5 Å². The van der Waals surface area contributed by atoms with Crippen LogP contribution >= 0.6 is 11.8 Å². The Morgan fingerprint density at radius 1 is 1.22 bits per heavy atom. The van der Waals surface area contributed by atoms with Crippen molar-refractivity contribution in [1.29, 1.82) is 0 Å². The van der Waals surface area contributed by atoms with Gasteiger partial charge >= 0.3 is 0 Å². The van der Waals surface area contributed by atoms with Gasteiger partial charge in [-0.05, 0) is 50.0 Å². The van der Waals surface area contributed by atoms with E-state index in [2.05, 4.69) is 66.0 Å². The topological polar surface area (TPSA) is 59.8 Å². The summed E-state index contributed by atoms with van der Waals surface area (Å²) < 4.78 is 2.21. The standard InChI is InChI=1S/C21H32N4OS/c1-15(2)14-25-19(23-24-21(25)27-5)7-6-12-22-20(26)11-10-18-9-8-16(3)13-17(18)4/h8-9,13,15H,6-7,10-12,14H2,1-5H3,(H,22,26). The van der Waals surface area contributed by atoms with Crippen LogP contribution in [0.25, 0.3) is 0 Å². The molecule has 0 unspecified atom stereocenters. The number of hydrogen-bond acceptors (Lipinski definition) is 4. The molecule has 27 heavy (non-hydrogen) atoms. The fourth-order valence-electron chi connectivity index (χ4n) is 3.14. The first-order valence-corrected chi connectivity index (χ1v) is 10.9. The van der Waals surface area contributed by atoms with E-state index in [-0.39, 0.29) is 5.91 Å². The molecule has 0 saturated heterocycles. The van der Waals surface area contributed by atoms with E-state index in [0.29, 0.717) is 18.9 Å². The van der Waals surface area contributed by atoms with Crippen molar-refractivity contribution < 1.29 is 4.79 Å². The normalized spacial score (nSPS) is 11.2. The zero-order valence-electron chi connectivity index (χ0n) is 17.2. The highest BCUT2D eigenvalue weighted by Gasteiger charge is 2.12. The smallest absolute Gasteiger partial charge is 0.220 e. The molecule has 0 aliphatic rings. The largest absolute Gasteiger partial charge is 0.356 e. The van der Waals surface area contributed by atoms with E-state index in [9.17, 15) is 4.79 Å². The molecule has 1 heterocycles. The molecule has 0 aliphatic heterocycles. The number of hydrogen-bond donors (Lipinski definition) is 1. The summed E-state index contributed by atoms with van der Waals surface area (Å²) in [4.78, 5) is 12.1. The summed E-state index contributed by atoms with van der Waals surface area (Å²) in [6.07, 6.45) is 5.06. The summed E-state index contributed by atoms with van der Waals surface area (Å²) in [5.74, 6) is 1.68. The van der Waals surface area contributed by atoms with Gasteiger partial charge in [-0.1, -0.05) is 49.4 Å². The van der Waals surface area contributed by atoms with Gasteiger partial charge in [0.05, 0.1) is 0 Å². The second-order valence-electron chi connectivity index (χ2n) is 7.49. The molecule has 1 amide bonds. The van der Waals surface area contributed by atoms with Crippen LogP contribution in [0.15, 0.2) is 23.4 Å². The van der Waals surface area contributed by atoms with Crippen molar-refractivity contribution in [2.45, 2.75) is 65.1 Å². The lowest BCUT2D eigenvalue weighted by atomic mass is 10.0. The molecule has 1 aromatic heterocycles. The van der Waals surface area contributed by atoms with E-state index in [1.807, 2.05) is 6.26 Å². The molecule has 0 aliphatic carbocycles. The minimum absolute atomic E-state index is 0.114. The Bertz CT molecular complexity index is 755. The Balaban J connectivity index is 1.75. The molecule has 2 rings (SSSR count). The molecule has 6 heteroatoms. The van der Waals surface area contributed by atoms with Crippen molar-refractivity contribution in [3.63, 3.8) is 0 Å². The van der Waals surface area contributed by atoms with E-state index >= 15 is 0 Å². The minimum atomic E-state index is 0.114. The van der Waals surface area contributed by atoms with Gasteiger partial charge in [0.25, 0.3) is 0 Å². The molecule has 0 atom stereocenters. The number of nitrogens with zero attached hydrogens (tertiary/aromatic N) is 3. The molecule has 148 valence electrons. The van der Waals surface area contributed by atoms with Crippen LogP contribution in [-0.2, 0) is 24.2 Å². The number of thioether (sulfide) groups is 1. The van der Waals surface area contributed by atoms with Gasteiger partial charge in [-0.3, -0.25) is 4.79 Å². The van der Waals surface area contributed by atoms with Gasteiger partial charge in [0.1, 0.15) is 5.82 Å². The van der Waals surface area contributed by atoms with Crippen LogP contribution in [0.4, 0.5) is 0 Å². The molecular formula is C21H32N4OS. The van der Waals surface area contributed by atoms with Gasteiger partial charge in [-0.25, -0.2) is 0 Å². The third-order valence-corrected chi connectivity index (χ3v) is 5.21. The Hall–Kier alpha value is -1.82. The monoisotopic (exact) mass is 388 g/mol. The Kier molecular flexibility index (Phi) is 8.35. The lowest BCUT2D eigenvalue weighted by Gasteiger charge is -2.12. The van der Waals surface area contributed by atoms with Crippen LogP contribution in [0, 0.1) is 19.8 Å².